The maximum Gasteiger partial charge on any atom is 0.416 e. The molecule has 1 atom stereocenters. The minimum Gasteiger partial charge on any atom is -0.368 e. The number of benzene rings is 3. The third-order valence-electron chi connectivity index (χ3n) is 6.83. The van der Waals surface area contributed by atoms with Gasteiger partial charge in [0.2, 0.25) is 0 Å². The lowest BCUT2D eigenvalue weighted by atomic mass is 9.82. The summed E-state index contributed by atoms with van der Waals surface area (Å²) in [5.74, 6) is -0.668. The highest BCUT2D eigenvalue weighted by Gasteiger charge is 2.31. The molecule has 3 aliphatic rings. The summed E-state index contributed by atoms with van der Waals surface area (Å²) >= 11 is 0. The highest BCUT2D eigenvalue weighted by Crippen LogP contribution is 2.31. The summed E-state index contributed by atoms with van der Waals surface area (Å²) in [6.07, 6.45) is 13.5. The molecule has 0 saturated heterocycles. The van der Waals surface area contributed by atoms with E-state index >= 15 is 0 Å². The summed E-state index contributed by atoms with van der Waals surface area (Å²) < 4.78 is 39.2. The predicted octanol–water partition coefficient (Wildman–Crippen LogP) is 6.11. The number of ketones is 1. The summed E-state index contributed by atoms with van der Waals surface area (Å²) in [5.41, 5.74) is 4.16. The van der Waals surface area contributed by atoms with Crippen molar-refractivity contribution >= 4 is 17.9 Å². The number of hydrogen-bond acceptors (Lipinski definition) is 2. The van der Waals surface area contributed by atoms with E-state index in [9.17, 15) is 18.0 Å². The van der Waals surface area contributed by atoms with Gasteiger partial charge in [-0.3, -0.25) is 4.79 Å². The summed E-state index contributed by atoms with van der Waals surface area (Å²) in [5, 5.41) is 5.11. The Labute approximate surface area is 213 Å². The molecule has 37 heavy (non-hydrogen) atoms. The standard InChI is InChI=1S/C26H19F3O.C6H7N/c27-26(28,29)20-6-3-5-18(14-20)25(30)19-9-8-17-11-12-22-21-7-2-1-4-16(21)10-13-23(22)24(17)15-19;1-2-4-6-7-5-3-1/h1-7,11-15,19H,8-10H2;1-7H. The fourth-order valence-electron chi connectivity index (χ4n) is 5.00. The van der Waals surface area contributed by atoms with Crippen LogP contribution in [0.15, 0.2) is 97.4 Å². The van der Waals surface area contributed by atoms with Crippen molar-refractivity contribution in [3.8, 4) is 11.1 Å². The van der Waals surface area contributed by atoms with Crippen molar-refractivity contribution in [2.75, 3.05) is 0 Å². The Kier molecular flexibility index (Phi) is 6.95. The van der Waals surface area contributed by atoms with Crippen LogP contribution < -0.4 is 15.8 Å². The number of carbonyl (C=O) groups is 1. The summed E-state index contributed by atoms with van der Waals surface area (Å²) in [6.45, 7) is 0. The number of nitrogens with one attached hydrogen (secondary N) is 1. The SMILES string of the molecule is C1=CC=CNC=C1.O=C(c1cccc(C(F)(F)F)c1)C1C=c2c(ccc3c2=CCc2ccccc2-3)CC1. The van der Waals surface area contributed by atoms with E-state index in [1.54, 1.807) is 0 Å². The topological polar surface area (TPSA) is 29.1 Å². The molecule has 0 spiro atoms. The molecular weight excluding hydrogens is 471 g/mol. The first-order valence-electron chi connectivity index (χ1n) is 12.3. The molecule has 1 N–H and O–H groups in total. The van der Waals surface area contributed by atoms with E-state index < -0.39 is 17.7 Å². The average molecular weight is 498 g/mol. The second-order valence-corrected chi connectivity index (χ2v) is 9.19. The lowest BCUT2D eigenvalue weighted by Gasteiger charge is -2.21. The van der Waals surface area contributed by atoms with Crippen LogP contribution in [0.3, 0.4) is 0 Å². The number of rotatable bonds is 2. The maximum absolute atomic E-state index is 13.1. The number of Topliss-reactive ketones (excluding diaryl/α,β-unsaturated/α-hetero) is 1. The fourth-order valence-corrected chi connectivity index (χ4v) is 5.00. The van der Waals surface area contributed by atoms with Crippen molar-refractivity contribution < 1.29 is 18.0 Å². The monoisotopic (exact) mass is 497 g/mol. The number of fused-ring (bicyclic) bond motifs is 5. The molecule has 3 aromatic rings. The molecular formula is C32H26F3NO. The Hall–Kier alpha value is -4.12. The smallest absolute Gasteiger partial charge is 0.368 e. The average Bonchev–Trinajstić information content (AvgIpc) is 3.25. The predicted molar refractivity (Wildman–Crippen MR) is 142 cm³/mol. The molecule has 0 saturated carbocycles. The fraction of sp³-hybridized carbons (Fsp3) is 0.156. The molecule has 2 nitrogen and oxygen atoms in total. The van der Waals surface area contributed by atoms with E-state index in [4.69, 9.17) is 0 Å². The van der Waals surface area contributed by atoms with Crippen LogP contribution in [0.5, 0.6) is 0 Å². The third kappa shape index (κ3) is 5.36. The van der Waals surface area contributed by atoms with Gasteiger partial charge in [-0.05, 0) is 76.2 Å². The van der Waals surface area contributed by atoms with Crippen molar-refractivity contribution in [2.45, 2.75) is 25.4 Å². The second kappa shape index (κ2) is 10.5. The number of allylic oxidation sites excluding steroid dienone is 4. The van der Waals surface area contributed by atoms with E-state index in [1.165, 1.54) is 28.8 Å². The van der Waals surface area contributed by atoms with E-state index in [2.05, 4.69) is 35.7 Å². The summed E-state index contributed by atoms with van der Waals surface area (Å²) in [7, 11) is 0. The zero-order valence-electron chi connectivity index (χ0n) is 20.1. The van der Waals surface area contributed by atoms with Crippen molar-refractivity contribution in [3.63, 3.8) is 0 Å². The number of carbonyl (C=O) groups excluding carboxylic acids is 1. The van der Waals surface area contributed by atoms with Crippen LogP contribution in [0, 0.1) is 5.92 Å². The van der Waals surface area contributed by atoms with Crippen LogP contribution in [0.25, 0.3) is 23.3 Å². The van der Waals surface area contributed by atoms with Gasteiger partial charge in [0.25, 0.3) is 0 Å². The molecule has 0 radical (unpaired) electrons. The number of alkyl halides is 3. The van der Waals surface area contributed by atoms with Crippen LogP contribution in [0.2, 0.25) is 0 Å². The normalized spacial score (nSPS) is 16.9. The van der Waals surface area contributed by atoms with Gasteiger partial charge in [-0.15, -0.1) is 0 Å². The molecule has 6 rings (SSSR count). The Morgan fingerprint density at radius 2 is 1.59 bits per heavy atom. The zero-order chi connectivity index (χ0) is 25.8. The molecule has 1 heterocycles. The second-order valence-electron chi connectivity index (χ2n) is 9.19. The van der Waals surface area contributed by atoms with E-state index in [0.717, 1.165) is 41.0 Å². The first kappa shape index (κ1) is 24.6. The van der Waals surface area contributed by atoms with Crippen molar-refractivity contribution in [1.82, 2.24) is 5.32 Å². The van der Waals surface area contributed by atoms with Crippen molar-refractivity contribution in [3.05, 3.63) is 130 Å². The van der Waals surface area contributed by atoms with Crippen LogP contribution in [-0.4, -0.2) is 5.78 Å². The van der Waals surface area contributed by atoms with Crippen LogP contribution in [-0.2, 0) is 19.0 Å². The highest BCUT2D eigenvalue weighted by atomic mass is 19.4. The Morgan fingerprint density at radius 1 is 0.811 bits per heavy atom. The van der Waals surface area contributed by atoms with Gasteiger partial charge in [0.05, 0.1) is 5.56 Å². The molecule has 0 aromatic heterocycles. The molecule has 186 valence electrons. The van der Waals surface area contributed by atoms with E-state index in [0.29, 0.717) is 6.42 Å². The largest absolute Gasteiger partial charge is 0.416 e. The first-order chi connectivity index (χ1) is 17.9. The van der Waals surface area contributed by atoms with Crippen molar-refractivity contribution in [2.24, 2.45) is 5.92 Å². The minimum absolute atomic E-state index is 0.119. The summed E-state index contributed by atoms with van der Waals surface area (Å²) in [4.78, 5) is 13.0. The molecule has 3 aromatic carbocycles. The number of aryl methyl sites for hydroxylation is 1. The van der Waals surface area contributed by atoms with Crippen LogP contribution in [0.1, 0.15) is 33.5 Å². The van der Waals surface area contributed by atoms with Crippen LogP contribution in [0.4, 0.5) is 13.2 Å². The van der Waals surface area contributed by atoms with Crippen molar-refractivity contribution in [1.29, 1.82) is 0 Å². The van der Waals surface area contributed by atoms with Gasteiger partial charge in [0.15, 0.2) is 5.78 Å². The van der Waals surface area contributed by atoms with Gasteiger partial charge in [-0.2, -0.15) is 13.2 Å². The molecule has 1 aliphatic heterocycles. The van der Waals surface area contributed by atoms with Gasteiger partial charge in [0, 0.05) is 23.9 Å². The Morgan fingerprint density at radius 3 is 2.38 bits per heavy atom. The maximum atomic E-state index is 13.1. The molecule has 1 unspecified atom stereocenters. The van der Waals surface area contributed by atoms with E-state index in [-0.39, 0.29) is 11.3 Å². The molecule has 5 heteroatoms. The third-order valence-corrected chi connectivity index (χ3v) is 6.83. The Balaban J connectivity index is 0.000000348. The Bertz CT molecular complexity index is 1530. The van der Waals surface area contributed by atoms with E-state index in [1.807, 2.05) is 54.9 Å². The minimum atomic E-state index is -4.46. The van der Waals surface area contributed by atoms with Gasteiger partial charge in [-0.25, -0.2) is 0 Å². The quantitative estimate of drug-likeness (QED) is 0.433. The van der Waals surface area contributed by atoms with Gasteiger partial charge in [0.1, 0.15) is 0 Å². The first-order valence-corrected chi connectivity index (χ1v) is 12.3. The number of halogens is 3. The molecule has 2 aliphatic carbocycles. The highest BCUT2D eigenvalue weighted by molar-refractivity contribution is 6.01. The molecule has 0 bridgehead atoms. The molecule has 0 amide bonds. The lowest BCUT2D eigenvalue weighted by Crippen LogP contribution is -2.37. The lowest BCUT2D eigenvalue weighted by molar-refractivity contribution is -0.137. The van der Waals surface area contributed by atoms with Gasteiger partial charge in [-0.1, -0.05) is 72.8 Å². The van der Waals surface area contributed by atoms with Gasteiger partial charge < -0.3 is 5.32 Å². The zero-order valence-corrected chi connectivity index (χ0v) is 20.1. The summed E-state index contributed by atoms with van der Waals surface area (Å²) in [6, 6.07) is 17.3. The molecule has 0 fully saturated rings. The van der Waals surface area contributed by atoms with Gasteiger partial charge >= 0.3 is 6.18 Å². The van der Waals surface area contributed by atoms with Crippen LogP contribution >= 0.6 is 0 Å². The number of hydrogen-bond donors (Lipinski definition) is 1.